The van der Waals surface area contributed by atoms with E-state index in [1.54, 1.807) is 19.2 Å². The van der Waals surface area contributed by atoms with E-state index in [4.69, 9.17) is 4.74 Å². The molecular weight excluding hydrogens is 270 g/mol. The van der Waals surface area contributed by atoms with E-state index in [9.17, 15) is 9.59 Å². The van der Waals surface area contributed by atoms with Gasteiger partial charge < -0.3 is 20.7 Å². The van der Waals surface area contributed by atoms with Gasteiger partial charge in [-0.25, -0.2) is 0 Å². The molecule has 1 aliphatic heterocycles. The van der Waals surface area contributed by atoms with Crippen molar-refractivity contribution in [3.05, 3.63) is 29.3 Å². The van der Waals surface area contributed by atoms with Gasteiger partial charge in [0.1, 0.15) is 0 Å². The Morgan fingerprint density at radius 2 is 2.00 bits per heavy atom. The second kappa shape index (κ2) is 6.69. The summed E-state index contributed by atoms with van der Waals surface area (Å²) >= 11 is 0. The van der Waals surface area contributed by atoms with Crippen LogP contribution in [0.25, 0.3) is 0 Å². The number of nitrogens with one attached hydrogen (secondary N) is 3. The van der Waals surface area contributed by atoms with Crippen molar-refractivity contribution in [3.63, 3.8) is 0 Å². The fraction of sp³-hybridized carbons (Fsp3) is 0.467. The number of likely N-dealkylation sites (N-methyl/N-ethyl adjacent to an activating group) is 1. The third-order valence-corrected chi connectivity index (χ3v) is 3.77. The highest BCUT2D eigenvalue weighted by Crippen LogP contribution is 2.20. The molecule has 1 fully saturated rings. The minimum Gasteiger partial charge on any atom is -0.379 e. The van der Waals surface area contributed by atoms with Crippen molar-refractivity contribution in [2.45, 2.75) is 13.0 Å². The van der Waals surface area contributed by atoms with Gasteiger partial charge in [-0.05, 0) is 31.7 Å². The topological polar surface area (TPSA) is 79.5 Å². The molecule has 3 N–H and O–H groups in total. The first kappa shape index (κ1) is 15.5. The molecule has 1 aromatic carbocycles. The fourth-order valence-corrected chi connectivity index (χ4v) is 2.36. The van der Waals surface area contributed by atoms with E-state index in [2.05, 4.69) is 16.0 Å². The molecule has 21 heavy (non-hydrogen) atoms. The molecule has 1 aromatic rings. The molecule has 6 heteroatoms. The van der Waals surface area contributed by atoms with Gasteiger partial charge in [0.2, 0.25) is 5.91 Å². The van der Waals surface area contributed by atoms with Crippen molar-refractivity contribution in [3.8, 4) is 0 Å². The predicted octanol–water partition coefficient (Wildman–Crippen LogP) is 0.528. The molecule has 114 valence electrons. The van der Waals surface area contributed by atoms with E-state index in [1.807, 2.05) is 20.0 Å². The van der Waals surface area contributed by atoms with Crippen LogP contribution in [0.5, 0.6) is 0 Å². The smallest absolute Gasteiger partial charge is 0.251 e. The molecule has 1 saturated heterocycles. The van der Waals surface area contributed by atoms with Crippen LogP contribution in [-0.2, 0) is 9.53 Å². The Labute approximate surface area is 124 Å². The lowest BCUT2D eigenvalue weighted by Crippen LogP contribution is -2.39. The summed E-state index contributed by atoms with van der Waals surface area (Å²) in [5, 5.41) is 8.55. The zero-order valence-corrected chi connectivity index (χ0v) is 12.5. The number of carbonyl (C=O) groups excluding carboxylic acids is 2. The van der Waals surface area contributed by atoms with Crippen molar-refractivity contribution in [1.29, 1.82) is 0 Å². The molecule has 6 nitrogen and oxygen atoms in total. The van der Waals surface area contributed by atoms with Crippen LogP contribution in [-0.4, -0.2) is 45.2 Å². The Morgan fingerprint density at radius 3 is 2.67 bits per heavy atom. The number of rotatable bonds is 4. The monoisotopic (exact) mass is 291 g/mol. The van der Waals surface area contributed by atoms with Crippen LogP contribution in [0, 0.1) is 12.8 Å². The van der Waals surface area contributed by atoms with Crippen LogP contribution in [0.2, 0.25) is 0 Å². The molecule has 0 aromatic heterocycles. The summed E-state index contributed by atoms with van der Waals surface area (Å²) in [6, 6.07) is 5.27. The van der Waals surface area contributed by atoms with E-state index < -0.39 is 0 Å². The highest BCUT2D eigenvalue weighted by atomic mass is 16.5. The summed E-state index contributed by atoms with van der Waals surface area (Å²) in [5.41, 5.74) is 2.09. The summed E-state index contributed by atoms with van der Waals surface area (Å²) in [6.45, 7) is 2.83. The number of ether oxygens (including phenoxy) is 1. The average molecular weight is 291 g/mol. The second-order valence-electron chi connectivity index (χ2n) is 5.14. The van der Waals surface area contributed by atoms with Crippen molar-refractivity contribution in [2.75, 3.05) is 32.6 Å². The number of carbonyl (C=O) groups is 2. The second-order valence-corrected chi connectivity index (χ2v) is 5.14. The number of benzene rings is 1. The number of anilines is 1. The van der Waals surface area contributed by atoms with Crippen molar-refractivity contribution < 1.29 is 14.3 Å². The third kappa shape index (κ3) is 3.40. The first-order valence-electron chi connectivity index (χ1n) is 6.95. The van der Waals surface area contributed by atoms with Gasteiger partial charge in [0.15, 0.2) is 0 Å². The van der Waals surface area contributed by atoms with Gasteiger partial charge >= 0.3 is 0 Å². The van der Waals surface area contributed by atoms with Crippen LogP contribution in [0.15, 0.2) is 18.2 Å². The van der Waals surface area contributed by atoms with Gasteiger partial charge in [-0.1, -0.05) is 6.07 Å². The number of amides is 2. The number of aryl methyl sites for hydroxylation is 1. The summed E-state index contributed by atoms with van der Waals surface area (Å²) in [6.07, 6.45) is 0. The fourth-order valence-electron chi connectivity index (χ4n) is 2.36. The summed E-state index contributed by atoms with van der Waals surface area (Å²) in [5.74, 6) is -0.495. The largest absolute Gasteiger partial charge is 0.379 e. The molecule has 1 aliphatic rings. The lowest BCUT2D eigenvalue weighted by atomic mass is 10.0. The van der Waals surface area contributed by atoms with Gasteiger partial charge in [0, 0.05) is 24.3 Å². The third-order valence-electron chi connectivity index (χ3n) is 3.77. The molecule has 1 heterocycles. The quantitative estimate of drug-likeness (QED) is 0.756. The Morgan fingerprint density at radius 1 is 1.24 bits per heavy atom. The maximum atomic E-state index is 12.4. The van der Waals surface area contributed by atoms with Crippen LogP contribution < -0.4 is 16.0 Å². The van der Waals surface area contributed by atoms with E-state index in [0.29, 0.717) is 24.5 Å². The van der Waals surface area contributed by atoms with Gasteiger partial charge in [-0.3, -0.25) is 9.59 Å². The molecule has 2 rings (SSSR count). The van der Waals surface area contributed by atoms with Gasteiger partial charge in [-0.15, -0.1) is 0 Å². The summed E-state index contributed by atoms with van der Waals surface area (Å²) < 4.78 is 5.34. The highest BCUT2D eigenvalue weighted by molar-refractivity contribution is 5.98. The number of hydrogen-bond acceptors (Lipinski definition) is 4. The lowest BCUT2D eigenvalue weighted by molar-refractivity contribution is -0.120. The molecule has 0 saturated carbocycles. The predicted molar refractivity (Wildman–Crippen MR) is 80.4 cm³/mol. The van der Waals surface area contributed by atoms with E-state index in [1.165, 1.54) is 0 Å². The van der Waals surface area contributed by atoms with Crippen LogP contribution in [0.1, 0.15) is 15.9 Å². The van der Waals surface area contributed by atoms with E-state index >= 15 is 0 Å². The first-order chi connectivity index (χ1) is 10.1. The minimum atomic E-state index is -0.224. The molecule has 2 amide bonds. The van der Waals surface area contributed by atoms with Crippen molar-refractivity contribution in [2.24, 2.45) is 5.92 Å². The highest BCUT2D eigenvalue weighted by Gasteiger charge is 2.33. The zero-order chi connectivity index (χ0) is 15.4. The van der Waals surface area contributed by atoms with Crippen LogP contribution >= 0.6 is 0 Å². The minimum absolute atomic E-state index is 0.0208. The van der Waals surface area contributed by atoms with Crippen LogP contribution in [0.3, 0.4) is 0 Å². The Hall–Kier alpha value is -1.92. The maximum Gasteiger partial charge on any atom is 0.251 e. The standard InChI is InChI=1S/C15H21N3O3/c1-9-4-5-10(14(19)17-3)6-12(9)18-15(20)11-7-21-8-13(11)16-2/h4-6,11,13,16H,7-8H2,1-3H3,(H,17,19)(H,18,20). The zero-order valence-electron chi connectivity index (χ0n) is 12.5. The molecule has 2 atom stereocenters. The van der Waals surface area contributed by atoms with Gasteiger partial charge in [0.25, 0.3) is 5.91 Å². The van der Waals surface area contributed by atoms with Crippen LogP contribution in [0.4, 0.5) is 5.69 Å². The lowest BCUT2D eigenvalue weighted by Gasteiger charge is -2.17. The molecule has 0 bridgehead atoms. The molecule has 0 aliphatic carbocycles. The summed E-state index contributed by atoms with van der Waals surface area (Å²) in [4.78, 5) is 24.0. The molecular formula is C15H21N3O3. The van der Waals surface area contributed by atoms with E-state index in [-0.39, 0.29) is 23.8 Å². The Kier molecular flexibility index (Phi) is 4.93. The Balaban J connectivity index is 2.15. The first-order valence-corrected chi connectivity index (χ1v) is 6.95. The SMILES string of the molecule is CNC(=O)c1ccc(C)c(NC(=O)C2COCC2NC)c1. The van der Waals surface area contributed by atoms with Gasteiger partial charge in [-0.2, -0.15) is 0 Å². The number of hydrogen-bond donors (Lipinski definition) is 3. The molecule has 2 unspecified atom stereocenters. The average Bonchev–Trinajstić information content (AvgIpc) is 2.97. The van der Waals surface area contributed by atoms with E-state index in [0.717, 1.165) is 5.56 Å². The molecule has 0 spiro atoms. The normalized spacial score (nSPS) is 21.1. The summed E-state index contributed by atoms with van der Waals surface area (Å²) in [7, 11) is 3.39. The maximum absolute atomic E-state index is 12.4. The van der Waals surface area contributed by atoms with Crippen molar-refractivity contribution in [1.82, 2.24) is 10.6 Å². The van der Waals surface area contributed by atoms with Crippen molar-refractivity contribution >= 4 is 17.5 Å². The van der Waals surface area contributed by atoms with Gasteiger partial charge in [0.05, 0.1) is 19.1 Å². The molecule has 0 radical (unpaired) electrons. The Bertz CT molecular complexity index is 545.